The standard InChI is InChI=1S/C16H27N5O/c1-14(13-21-8-10-22-11-9-21)12-20-16(17)19-7-5-15-4-2-3-6-18-15/h2-4,6,14H,5,7-13H2,1H3,(H3,17,19,20). The van der Waals surface area contributed by atoms with Crippen LogP contribution in [0.25, 0.3) is 0 Å². The van der Waals surface area contributed by atoms with Gasteiger partial charge in [0.1, 0.15) is 0 Å². The number of hydrogen-bond acceptors (Lipinski definition) is 4. The second kappa shape index (κ2) is 9.38. The third-order valence-electron chi connectivity index (χ3n) is 3.66. The first-order valence-electron chi connectivity index (χ1n) is 7.98. The van der Waals surface area contributed by atoms with Gasteiger partial charge in [0, 0.05) is 51.0 Å². The molecule has 0 radical (unpaired) electrons. The van der Waals surface area contributed by atoms with E-state index in [9.17, 15) is 0 Å². The molecule has 0 amide bonds. The molecule has 0 aliphatic carbocycles. The van der Waals surface area contributed by atoms with Gasteiger partial charge in [0.25, 0.3) is 0 Å². The Kier molecular flexibility index (Phi) is 7.12. The van der Waals surface area contributed by atoms with Crippen LogP contribution >= 0.6 is 0 Å². The van der Waals surface area contributed by atoms with Gasteiger partial charge in [0.05, 0.1) is 13.2 Å². The highest BCUT2D eigenvalue weighted by Crippen LogP contribution is 2.03. The average Bonchev–Trinajstić information content (AvgIpc) is 2.55. The molecule has 22 heavy (non-hydrogen) atoms. The van der Waals surface area contributed by atoms with Crippen LogP contribution in [0.15, 0.2) is 29.4 Å². The van der Waals surface area contributed by atoms with Gasteiger partial charge in [-0.15, -0.1) is 0 Å². The molecule has 0 aromatic carbocycles. The Morgan fingerprint density at radius 3 is 3.00 bits per heavy atom. The fourth-order valence-electron chi connectivity index (χ4n) is 2.46. The van der Waals surface area contributed by atoms with E-state index in [0.717, 1.165) is 58.1 Å². The summed E-state index contributed by atoms with van der Waals surface area (Å²) in [5.74, 6) is 1.01. The topological polar surface area (TPSA) is 75.8 Å². The third kappa shape index (κ3) is 6.41. The van der Waals surface area contributed by atoms with Crippen molar-refractivity contribution in [1.29, 1.82) is 0 Å². The van der Waals surface area contributed by atoms with Gasteiger partial charge in [-0.1, -0.05) is 13.0 Å². The summed E-state index contributed by atoms with van der Waals surface area (Å²) in [4.78, 5) is 11.1. The van der Waals surface area contributed by atoms with Crippen molar-refractivity contribution in [2.45, 2.75) is 13.3 Å². The maximum absolute atomic E-state index is 5.90. The summed E-state index contributed by atoms with van der Waals surface area (Å²) in [6.07, 6.45) is 2.65. The average molecular weight is 305 g/mol. The van der Waals surface area contributed by atoms with Crippen LogP contribution in [0.3, 0.4) is 0 Å². The molecule has 6 heteroatoms. The minimum Gasteiger partial charge on any atom is -0.379 e. The third-order valence-corrected chi connectivity index (χ3v) is 3.66. The molecule has 1 unspecified atom stereocenters. The van der Waals surface area contributed by atoms with Gasteiger partial charge >= 0.3 is 0 Å². The van der Waals surface area contributed by atoms with Crippen LogP contribution in [0.1, 0.15) is 12.6 Å². The zero-order valence-corrected chi connectivity index (χ0v) is 13.4. The van der Waals surface area contributed by atoms with Crippen LogP contribution < -0.4 is 11.1 Å². The number of rotatable bonds is 7. The number of ether oxygens (including phenoxy) is 1. The highest BCUT2D eigenvalue weighted by atomic mass is 16.5. The molecule has 6 nitrogen and oxygen atoms in total. The van der Waals surface area contributed by atoms with Crippen LogP contribution in [0.5, 0.6) is 0 Å². The largest absolute Gasteiger partial charge is 0.379 e. The maximum Gasteiger partial charge on any atom is 0.188 e. The van der Waals surface area contributed by atoms with Crippen molar-refractivity contribution in [3.8, 4) is 0 Å². The quantitative estimate of drug-likeness (QED) is 0.567. The summed E-state index contributed by atoms with van der Waals surface area (Å²) < 4.78 is 5.36. The molecule has 0 bridgehead atoms. The lowest BCUT2D eigenvalue weighted by molar-refractivity contribution is 0.0323. The maximum atomic E-state index is 5.90. The highest BCUT2D eigenvalue weighted by molar-refractivity contribution is 5.77. The number of nitrogens with one attached hydrogen (secondary N) is 1. The Morgan fingerprint density at radius 2 is 2.27 bits per heavy atom. The number of nitrogens with zero attached hydrogens (tertiary/aromatic N) is 3. The second-order valence-corrected chi connectivity index (χ2v) is 5.74. The van der Waals surface area contributed by atoms with Gasteiger partial charge in [-0.25, -0.2) is 0 Å². The number of aliphatic imine (C=N–C) groups is 1. The summed E-state index contributed by atoms with van der Waals surface area (Å²) in [6.45, 7) is 8.48. The second-order valence-electron chi connectivity index (χ2n) is 5.74. The Morgan fingerprint density at radius 1 is 1.45 bits per heavy atom. The van der Waals surface area contributed by atoms with Gasteiger partial charge in [-0.2, -0.15) is 0 Å². The van der Waals surface area contributed by atoms with Crippen LogP contribution in [-0.2, 0) is 11.2 Å². The molecule has 122 valence electrons. The van der Waals surface area contributed by atoms with Crippen molar-refractivity contribution in [3.63, 3.8) is 0 Å². The predicted octanol–water partition coefficient (Wildman–Crippen LogP) is 0.497. The van der Waals surface area contributed by atoms with Crippen molar-refractivity contribution < 1.29 is 4.74 Å². The molecule has 0 saturated carbocycles. The first-order valence-corrected chi connectivity index (χ1v) is 7.98. The summed E-state index contributed by atoms with van der Waals surface area (Å²) in [7, 11) is 0. The summed E-state index contributed by atoms with van der Waals surface area (Å²) in [6, 6.07) is 5.93. The highest BCUT2D eigenvalue weighted by Gasteiger charge is 2.13. The van der Waals surface area contributed by atoms with Crippen molar-refractivity contribution in [1.82, 2.24) is 15.2 Å². The number of morpholine rings is 1. The summed E-state index contributed by atoms with van der Waals surface area (Å²) in [5.41, 5.74) is 6.96. The fourth-order valence-corrected chi connectivity index (χ4v) is 2.46. The van der Waals surface area contributed by atoms with Gasteiger partial charge in [-0.05, 0) is 18.1 Å². The van der Waals surface area contributed by atoms with E-state index >= 15 is 0 Å². The molecule has 1 aromatic rings. The van der Waals surface area contributed by atoms with Crippen molar-refractivity contribution in [3.05, 3.63) is 30.1 Å². The summed E-state index contributed by atoms with van der Waals surface area (Å²) in [5, 5.41) is 3.14. The molecular formula is C16H27N5O. The molecule has 2 rings (SSSR count). The lowest BCUT2D eigenvalue weighted by Gasteiger charge is -2.28. The summed E-state index contributed by atoms with van der Waals surface area (Å²) >= 11 is 0. The fraction of sp³-hybridized carbons (Fsp3) is 0.625. The minimum atomic E-state index is 0.495. The van der Waals surface area contributed by atoms with Crippen LogP contribution in [-0.4, -0.2) is 61.8 Å². The number of nitrogens with two attached hydrogens (primary N) is 1. The van der Waals surface area contributed by atoms with Gasteiger partial charge in [-0.3, -0.25) is 14.9 Å². The van der Waals surface area contributed by atoms with E-state index in [2.05, 4.69) is 27.1 Å². The molecule has 1 fully saturated rings. The first-order chi connectivity index (χ1) is 10.7. The lowest BCUT2D eigenvalue weighted by atomic mass is 10.1. The van der Waals surface area contributed by atoms with E-state index in [0.29, 0.717) is 11.9 Å². The molecule has 1 atom stereocenters. The van der Waals surface area contributed by atoms with Gasteiger partial charge in [0.15, 0.2) is 5.96 Å². The zero-order valence-electron chi connectivity index (χ0n) is 13.4. The number of pyridine rings is 1. The molecule has 1 aliphatic heterocycles. The Labute approximate surface area is 132 Å². The van der Waals surface area contributed by atoms with E-state index in [1.54, 1.807) is 6.20 Å². The number of hydrogen-bond donors (Lipinski definition) is 2. The molecular weight excluding hydrogens is 278 g/mol. The van der Waals surface area contributed by atoms with E-state index in [-0.39, 0.29) is 0 Å². The van der Waals surface area contributed by atoms with Crippen molar-refractivity contribution in [2.24, 2.45) is 16.6 Å². The number of guanidine groups is 1. The van der Waals surface area contributed by atoms with Gasteiger partial charge < -0.3 is 15.8 Å². The number of aromatic nitrogens is 1. The zero-order chi connectivity index (χ0) is 15.6. The normalized spacial score (nSPS) is 18.1. The molecule has 1 aliphatic rings. The SMILES string of the molecule is CC(CN=C(N)NCCc1ccccn1)CN1CCOCC1. The molecule has 1 aromatic heterocycles. The van der Waals surface area contributed by atoms with E-state index in [1.165, 1.54) is 0 Å². The van der Waals surface area contributed by atoms with Crippen LogP contribution in [0, 0.1) is 5.92 Å². The first kappa shape index (κ1) is 16.7. The molecule has 3 N–H and O–H groups in total. The van der Waals surface area contributed by atoms with Crippen LogP contribution in [0.4, 0.5) is 0 Å². The lowest BCUT2D eigenvalue weighted by Crippen LogP contribution is -2.39. The van der Waals surface area contributed by atoms with Gasteiger partial charge in [0.2, 0.25) is 0 Å². The molecule has 0 spiro atoms. The predicted molar refractivity (Wildman–Crippen MR) is 88.9 cm³/mol. The minimum absolute atomic E-state index is 0.495. The van der Waals surface area contributed by atoms with E-state index in [4.69, 9.17) is 10.5 Å². The molecule has 2 heterocycles. The van der Waals surface area contributed by atoms with Crippen molar-refractivity contribution in [2.75, 3.05) is 45.9 Å². The van der Waals surface area contributed by atoms with E-state index < -0.39 is 0 Å². The van der Waals surface area contributed by atoms with Crippen molar-refractivity contribution >= 4 is 5.96 Å². The Bertz CT molecular complexity index is 445. The molecule has 1 saturated heterocycles. The van der Waals surface area contributed by atoms with E-state index in [1.807, 2.05) is 18.2 Å². The smallest absolute Gasteiger partial charge is 0.188 e. The Balaban J connectivity index is 1.61. The Hall–Kier alpha value is -1.66. The monoisotopic (exact) mass is 305 g/mol. The van der Waals surface area contributed by atoms with Crippen LogP contribution in [0.2, 0.25) is 0 Å².